The first-order valence-corrected chi connectivity index (χ1v) is 8.91. The van der Waals surface area contributed by atoms with E-state index in [-0.39, 0.29) is 18.3 Å². The van der Waals surface area contributed by atoms with Crippen LogP contribution in [0.2, 0.25) is 0 Å². The van der Waals surface area contributed by atoms with Crippen molar-refractivity contribution in [1.29, 1.82) is 0 Å². The van der Waals surface area contributed by atoms with E-state index in [1.54, 1.807) is 0 Å². The van der Waals surface area contributed by atoms with Crippen LogP contribution in [0.25, 0.3) is 0 Å². The second-order valence-corrected chi connectivity index (χ2v) is 6.59. The number of nitrogens with one attached hydrogen (secondary N) is 1. The fourth-order valence-corrected chi connectivity index (χ4v) is 3.25. The number of aliphatic hydroxyl groups excluding tert-OH is 1. The lowest BCUT2D eigenvalue weighted by Gasteiger charge is -2.19. The number of carbonyl (C=O) groups excluding carboxylic acids is 1. The fourth-order valence-electron chi connectivity index (χ4n) is 3.25. The Hall–Kier alpha value is -2.98. The molecule has 1 unspecified atom stereocenters. The van der Waals surface area contributed by atoms with Crippen molar-refractivity contribution in [3.05, 3.63) is 101 Å². The molecule has 3 aromatic rings. The average molecular weight is 363 g/mol. The van der Waals surface area contributed by atoms with Crippen molar-refractivity contribution < 1.29 is 14.3 Å². The Morgan fingerprint density at radius 1 is 0.889 bits per heavy atom. The summed E-state index contributed by atoms with van der Waals surface area (Å²) in [7, 11) is 0. The smallest absolute Gasteiger partial charge is 0.211 e. The highest BCUT2D eigenvalue weighted by atomic mass is 19.1. The third-order valence-corrected chi connectivity index (χ3v) is 4.66. The minimum absolute atomic E-state index is 0.0162. The van der Waals surface area contributed by atoms with Gasteiger partial charge in [0.05, 0.1) is 6.61 Å². The highest BCUT2D eigenvalue weighted by Gasteiger charge is 2.14. The zero-order valence-corrected chi connectivity index (χ0v) is 14.9. The van der Waals surface area contributed by atoms with Crippen molar-refractivity contribution in [2.75, 3.05) is 5.32 Å². The quantitative estimate of drug-likeness (QED) is 0.581. The Morgan fingerprint density at radius 3 is 2.22 bits per heavy atom. The van der Waals surface area contributed by atoms with E-state index in [2.05, 4.69) is 5.32 Å². The maximum Gasteiger partial charge on any atom is 0.211 e. The van der Waals surface area contributed by atoms with E-state index in [9.17, 15) is 14.3 Å². The molecule has 0 aromatic heterocycles. The summed E-state index contributed by atoms with van der Waals surface area (Å²) in [4.78, 5) is 10.7. The standard InChI is InChI=1S/C23H22FNO2/c24-22-10-6-17(7-11-22)12-21(20-8-4-18(15-26)5-9-20)13-19-2-1-3-23(14-19)25-16-27/h1-11,14,16,21,26H,12-13,15H2,(H,25,27). The van der Waals surface area contributed by atoms with Crippen LogP contribution in [0.15, 0.2) is 72.8 Å². The van der Waals surface area contributed by atoms with Gasteiger partial charge in [0.1, 0.15) is 5.82 Å². The first-order valence-electron chi connectivity index (χ1n) is 8.91. The number of anilines is 1. The molecule has 0 aliphatic heterocycles. The molecule has 0 saturated carbocycles. The number of halogens is 1. The van der Waals surface area contributed by atoms with Crippen LogP contribution < -0.4 is 5.32 Å². The van der Waals surface area contributed by atoms with Gasteiger partial charge in [-0.25, -0.2) is 4.39 Å². The van der Waals surface area contributed by atoms with Gasteiger partial charge < -0.3 is 10.4 Å². The van der Waals surface area contributed by atoms with Crippen molar-refractivity contribution in [2.24, 2.45) is 0 Å². The van der Waals surface area contributed by atoms with Gasteiger partial charge in [-0.2, -0.15) is 0 Å². The van der Waals surface area contributed by atoms with Crippen molar-refractivity contribution in [3.8, 4) is 0 Å². The third-order valence-electron chi connectivity index (χ3n) is 4.66. The van der Waals surface area contributed by atoms with E-state index in [1.165, 1.54) is 12.1 Å². The summed E-state index contributed by atoms with van der Waals surface area (Å²) in [6.07, 6.45) is 2.22. The summed E-state index contributed by atoms with van der Waals surface area (Å²) in [6.45, 7) is 0.0162. The molecule has 0 fully saturated rings. The van der Waals surface area contributed by atoms with Crippen LogP contribution in [-0.2, 0) is 24.2 Å². The molecule has 1 atom stereocenters. The molecular formula is C23H22FNO2. The van der Waals surface area contributed by atoms with Gasteiger partial charge in [-0.15, -0.1) is 0 Å². The zero-order valence-electron chi connectivity index (χ0n) is 14.9. The van der Waals surface area contributed by atoms with Crippen molar-refractivity contribution in [2.45, 2.75) is 25.4 Å². The van der Waals surface area contributed by atoms with E-state index in [4.69, 9.17) is 0 Å². The summed E-state index contributed by atoms with van der Waals surface area (Å²) in [5.41, 5.74) is 4.97. The summed E-state index contributed by atoms with van der Waals surface area (Å²) < 4.78 is 13.2. The Balaban J connectivity index is 1.87. The molecule has 2 N–H and O–H groups in total. The molecular weight excluding hydrogens is 341 g/mol. The van der Waals surface area contributed by atoms with Gasteiger partial charge in [-0.3, -0.25) is 4.79 Å². The summed E-state index contributed by atoms with van der Waals surface area (Å²) in [6, 6.07) is 22.3. The van der Waals surface area contributed by atoms with Crippen LogP contribution >= 0.6 is 0 Å². The van der Waals surface area contributed by atoms with Crippen molar-refractivity contribution in [3.63, 3.8) is 0 Å². The minimum Gasteiger partial charge on any atom is -0.392 e. The number of amides is 1. The lowest BCUT2D eigenvalue weighted by molar-refractivity contribution is -0.105. The predicted octanol–water partition coefficient (Wildman–Crippen LogP) is 4.46. The minimum atomic E-state index is -0.241. The molecule has 0 bridgehead atoms. The van der Waals surface area contributed by atoms with Crippen LogP contribution in [0.5, 0.6) is 0 Å². The van der Waals surface area contributed by atoms with Crippen molar-refractivity contribution >= 4 is 12.1 Å². The highest BCUT2D eigenvalue weighted by molar-refractivity contribution is 5.71. The first-order chi connectivity index (χ1) is 13.2. The van der Waals surface area contributed by atoms with Crippen molar-refractivity contribution in [1.82, 2.24) is 0 Å². The molecule has 27 heavy (non-hydrogen) atoms. The topological polar surface area (TPSA) is 49.3 Å². The van der Waals surface area contributed by atoms with Gasteiger partial charge in [0.15, 0.2) is 0 Å². The van der Waals surface area contributed by atoms with Crippen LogP contribution in [0, 0.1) is 5.82 Å². The van der Waals surface area contributed by atoms with Crippen LogP contribution in [0.1, 0.15) is 28.2 Å². The maximum atomic E-state index is 13.2. The van der Waals surface area contributed by atoms with E-state index in [1.807, 2.05) is 60.7 Å². The number of carbonyl (C=O) groups is 1. The third kappa shape index (κ3) is 5.25. The molecule has 4 heteroatoms. The van der Waals surface area contributed by atoms with E-state index >= 15 is 0 Å². The van der Waals surface area contributed by atoms with Gasteiger partial charge >= 0.3 is 0 Å². The maximum absolute atomic E-state index is 13.2. The molecule has 3 rings (SSSR count). The average Bonchev–Trinajstić information content (AvgIpc) is 2.70. The van der Waals surface area contributed by atoms with Gasteiger partial charge in [0.25, 0.3) is 0 Å². The number of aliphatic hydroxyl groups is 1. The number of benzene rings is 3. The largest absolute Gasteiger partial charge is 0.392 e. The van der Waals surface area contributed by atoms with Gasteiger partial charge in [0.2, 0.25) is 6.41 Å². The molecule has 0 aliphatic rings. The highest BCUT2D eigenvalue weighted by Crippen LogP contribution is 2.27. The molecule has 3 nitrogen and oxygen atoms in total. The van der Waals surface area contributed by atoms with Crippen LogP contribution in [0.3, 0.4) is 0 Å². The Kier molecular flexibility index (Phi) is 6.34. The monoisotopic (exact) mass is 363 g/mol. The molecule has 138 valence electrons. The predicted molar refractivity (Wildman–Crippen MR) is 105 cm³/mol. The van der Waals surface area contributed by atoms with E-state index < -0.39 is 0 Å². The second-order valence-electron chi connectivity index (χ2n) is 6.59. The Morgan fingerprint density at radius 2 is 1.56 bits per heavy atom. The van der Waals surface area contributed by atoms with E-state index in [0.29, 0.717) is 6.41 Å². The summed E-state index contributed by atoms with van der Waals surface area (Å²) in [5, 5.41) is 12.0. The van der Waals surface area contributed by atoms with Crippen LogP contribution in [-0.4, -0.2) is 11.5 Å². The molecule has 3 aromatic carbocycles. The first kappa shape index (κ1) is 18.8. The fraction of sp³-hybridized carbons (Fsp3) is 0.174. The molecule has 0 heterocycles. The van der Waals surface area contributed by atoms with Crippen LogP contribution in [0.4, 0.5) is 10.1 Å². The number of hydrogen-bond donors (Lipinski definition) is 2. The number of rotatable bonds is 8. The number of hydrogen-bond acceptors (Lipinski definition) is 2. The molecule has 0 spiro atoms. The second kappa shape index (κ2) is 9.10. The summed E-state index contributed by atoms with van der Waals surface area (Å²) >= 11 is 0. The Labute approximate surface area is 158 Å². The van der Waals surface area contributed by atoms with Gasteiger partial charge in [-0.1, -0.05) is 48.5 Å². The zero-order chi connectivity index (χ0) is 19.1. The lowest BCUT2D eigenvalue weighted by Crippen LogP contribution is -2.08. The van der Waals surface area contributed by atoms with Gasteiger partial charge in [0, 0.05) is 5.69 Å². The molecule has 0 radical (unpaired) electrons. The molecule has 0 aliphatic carbocycles. The van der Waals surface area contributed by atoms with E-state index in [0.717, 1.165) is 40.8 Å². The van der Waals surface area contributed by atoms with Gasteiger partial charge in [-0.05, 0) is 65.3 Å². The lowest BCUT2D eigenvalue weighted by atomic mass is 9.86. The normalized spacial score (nSPS) is 11.8. The Bertz CT molecular complexity index is 876. The summed E-state index contributed by atoms with van der Waals surface area (Å²) in [5.74, 6) is -0.0510. The SMILES string of the molecule is O=CNc1cccc(CC(Cc2ccc(F)cc2)c2ccc(CO)cc2)c1. The molecule has 1 amide bonds. The molecule has 0 saturated heterocycles.